The highest BCUT2D eigenvalue weighted by atomic mass is 35.5. The third kappa shape index (κ3) is 3.51. The van der Waals surface area contributed by atoms with E-state index in [4.69, 9.17) is 17.3 Å². The van der Waals surface area contributed by atoms with E-state index in [0.29, 0.717) is 5.25 Å². The van der Waals surface area contributed by atoms with E-state index in [0.717, 1.165) is 11.4 Å². The van der Waals surface area contributed by atoms with Gasteiger partial charge in [-0.3, -0.25) is 0 Å². The molecular formula is C14H16ClNS2. The molecule has 0 saturated heterocycles. The Labute approximate surface area is 121 Å². The van der Waals surface area contributed by atoms with Crippen LogP contribution in [-0.2, 0) is 0 Å². The first-order chi connectivity index (χ1) is 8.70. The van der Waals surface area contributed by atoms with Crippen molar-refractivity contribution in [2.75, 3.05) is 0 Å². The van der Waals surface area contributed by atoms with Gasteiger partial charge in [-0.25, -0.2) is 0 Å². The Hall–Kier alpha value is -0.480. The Bertz CT molecular complexity index is 467. The highest BCUT2D eigenvalue weighted by Crippen LogP contribution is 2.40. The summed E-state index contributed by atoms with van der Waals surface area (Å²) in [6.07, 6.45) is 0.975. The van der Waals surface area contributed by atoms with Gasteiger partial charge in [0.15, 0.2) is 0 Å². The van der Waals surface area contributed by atoms with E-state index >= 15 is 0 Å². The van der Waals surface area contributed by atoms with Crippen molar-refractivity contribution in [2.24, 2.45) is 5.73 Å². The molecule has 1 heterocycles. The van der Waals surface area contributed by atoms with Crippen LogP contribution in [-0.4, -0.2) is 6.04 Å². The molecule has 0 bridgehead atoms. The molecule has 0 aliphatic heterocycles. The van der Waals surface area contributed by atoms with Gasteiger partial charge >= 0.3 is 0 Å². The van der Waals surface area contributed by atoms with Crippen molar-refractivity contribution in [1.29, 1.82) is 0 Å². The van der Waals surface area contributed by atoms with E-state index in [-0.39, 0.29) is 6.04 Å². The molecule has 0 amide bonds. The molecule has 0 aliphatic carbocycles. The second-order valence-corrected chi connectivity index (χ2v) is 6.71. The zero-order valence-electron chi connectivity index (χ0n) is 10.2. The molecule has 0 spiro atoms. The zero-order chi connectivity index (χ0) is 13.0. The van der Waals surface area contributed by atoms with Gasteiger partial charge in [0.05, 0.1) is 5.25 Å². The lowest BCUT2D eigenvalue weighted by Crippen LogP contribution is -2.25. The Kier molecular flexibility index (Phi) is 5.13. The molecule has 0 aliphatic rings. The summed E-state index contributed by atoms with van der Waals surface area (Å²) < 4.78 is 0. The van der Waals surface area contributed by atoms with E-state index in [1.165, 1.54) is 9.77 Å². The average molecular weight is 298 g/mol. The Balaban J connectivity index is 2.17. The van der Waals surface area contributed by atoms with Gasteiger partial charge in [0, 0.05) is 20.8 Å². The first kappa shape index (κ1) is 13.9. The monoisotopic (exact) mass is 297 g/mol. The summed E-state index contributed by atoms with van der Waals surface area (Å²) in [5.41, 5.74) is 6.25. The summed E-state index contributed by atoms with van der Waals surface area (Å²) in [5, 5.41) is 3.19. The topological polar surface area (TPSA) is 26.0 Å². The van der Waals surface area contributed by atoms with Crippen LogP contribution in [0, 0.1) is 0 Å². The van der Waals surface area contributed by atoms with Crippen molar-refractivity contribution < 1.29 is 0 Å². The number of nitrogens with two attached hydrogens (primary N) is 1. The molecule has 1 aromatic carbocycles. The van der Waals surface area contributed by atoms with Gasteiger partial charge < -0.3 is 5.73 Å². The Morgan fingerprint density at radius 3 is 2.56 bits per heavy atom. The summed E-state index contributed by atoms with van der Waals surface area (Å²) in [5.74, 6) is 0. The van der Waals surface area contributed by atoms with Crippen LogP contribution in [0.25, 0.3) is 0 Å². The molecule has 2 N–H and O–H groups in total. The van der Waals surface area contributed by atoms with Crippen LogP contribution in [0.3, 0.4) is 0 Å². The van der Waals surface area contributed by atoms with Gasteiger partial charge in [0.25, 0.3) is 0 Å². The molecule has 2 rings (SSSR count). The minimum absolute atomic E-state index is 0.171. The summed E-state index contributed by atoms with van der Waals surface area (Å²) in [7, 11) is 0. The standard InChI is InChI=1S/C14H16ClNS2/c1-2-12(16)14(13-4-3-9-17-13)18-11-7-5-10(15)6-8-11/h3-9,12,14H,2,16H2,1H3. The smallest absolute Gasteiger partial charge is 0.0589 e. The first-order valence-electron chi connectivity index (χ1n) is 5.92. The van der Waals surface area contributed by atoms with Crippen molar-refractivity contribution in [3.63, 3.8) is 0 Å². The average Bonchev–Trinajstić information content (AvgIpc) is 2.91. The second kappa shape index (κ2) is 6.62. The summed E-state index contributed by atoms with van der Waals surface area (Å²) in [4.78, 5) is 2.55. The van der Waals surface area contributed by atoms with Crippen molar-refractivity contribution in [3.8, 4) is 0 Å². The second-order valence-electron chi connectivity index (χ2n) is 4.08. The number of halogens is 1. The van der Waals surface area contributed by atoms with E-state index in [1.807, 2.05) is 23.9 Å². The predicted molar refractivity (Wildman–Crippen MR) is 82.6 cm³/mol. The molecule has 0 radical (unpaired) electrons. The van der Waals surface area contributed by atoms with Crippen LogP contribution in [0.5, 0.6) is 0 Å². The van der Waals surface area contributed by atoms with Crippen LogP contribution in [0.15, 0.2) is 46.7 Å². The molecule has 4 heteroatoms. The molecule has 1 aromatic heterocycles. The predicted octanol–water partition coefficient (Wildman–Crippen LogP) is 4.97. The number of thiophene rings is 1. The van der Waals surface area contributed by atoms with E-state index in [2.05, 4.69) is 36.6 Å². The molecule has 0 fully saturated rings. The third-order valence-electron chi connectivity index (χ3n) is 2.76. The van der Waals surface area contributed by atoms with Crippen molar-refractivity contribution in [2.45, 2.75) is 29.5 Å². The van der Waals surface area contributed by atoms with E-state index in [9.17, 15) is 0 Å². The van der Waals surface area contributed by atoms with Gasteiger partial charge in [-0.1, -0.05) is 24.6 Å². The third-order valence-corrected chi connectivity index (χ3v) is 5.52. The molecule has 2 unspecified atom stereocenters. The zero-order valence-corrected chi connectivity index (χ0v) is 12.6. The number of hydrogen-bond acceptors (Lipinski definition) is 3. The van der Waals surface area contributed by atoms with Crippen molar-refractivity contribution in [1.82, 2.24) is 0 Å². The van der Waals surface area contributed by atoms with Crippen LogP contribution >= 0.6 is 34.7 Å². The fraction of sp³-hybridized carbons (Fsp3) is 0.286. The van der Waals surface area contributed by atoms with E-state index < -0.39 is 0 Å². The number of thioether (sulfide) groups is 1. The highest BCUT2D eigenvalue weighted by molar-refractivity contribution is 7.99. The fourth-order valence-electron chi connectivity index (χ4n) is 1.68. The SMILES string of the molecule is CCC(N)C(Sc1ccc(Cl)cc1)c1cccs1. The Morgan fingerprint density at radius 1 is 1.28 bits per heavy atom. The lowest BCUT2D eigenvalue weighted by atomic mass is 10.1. The molecular weight excluding hydrogens is 282 g/mol. The summed E-state index contributed by atoms with van der Waals surface area (Å²) >= 11 is 9.49. The maximum absolute atomic E-state index is 6.25. The van der Waals surface area contributed by atoms with Gasteiger partial charge in [-0.05, 0) is 42.1 Å². The maximum Gasteiger partial charge on any atom is 0.0589 e. The first-order valence-corrected chi connectivity index (χ1v) is 8.05. The van der Waals surface area contributed by atoms with Gasteiger partial charge in [-0.15, -0.1) is 23.1 Å². The van der Waals surface area contributed by atoms with Gasteiger partial charge in [-0.2, -0.15) is 0 Å². The molecule has 18 heavy (non-hydrogen) atoms. The quantitative estimate of drug-likeness (QED) is 0.788. The van der Waals surface area contributed by atoms with E-state index in [1.54, 1.807) is 11.3 Å². The van der Waals surface area contributed by atoms with Crippen molar-refractivity contribution >= 4 is 34.7 Å². The van der Waals surface area contributed by atoms with Crippen LogP contribution in [0.4, 0.5) is 0 Å². The largest absolute Gasteiger partial charge is 0.326 e. The number of hydrogen-bond donors (Lipinski definition) is 1. The fourth-order valence-corrected chi connectivity index (χ4v) is 4.05. The molecule has 0 saturated carbocycles. The molecule has 2 atom stereocenters. The molecule has 1 nitrogen and oxygen atoms in total. The molecule has 2 aromatic rings. The number of rotatable bonds is 5. The normalized spacial score (nSPS) is 14.4. The summed E-state index contributed by atoms with van der Waals surface area (Å²) in [6, 6.07) is 12.4. The minimum Gasteiger partial charge on any atom is -0.326 e. The summed E-state index contributed by atoms with van der Waals surface area (Å²) in [6.45, 7) is 2.13. The number of benzene rings is 1. The lowest BCUT2D eigenvalue weighted by molar-refractivity contribution is 0.640. The maximum atomic E-state index is 6.25. The van der Waals surface area contributed by atoms with Crippen LogP contribution < -0.4 is 5.73 Å². The highest BCUT2D eigenvalue weighted by Gasteiger charge is 2.20. The van der Waals surface area contributed by atoms with Crippen LogP contribution in [0.2, 0.25) is 5.02 Å². The lowest BCUT2D eigenvalue weighted by Gasteiger charge is -2.21. The van der Waals surface area contributed by atoms with Crippen LogP contribution in [0.1, 0.15) is 23.5 Å². The minimum atomic E-state index is 0.171. The van der Waals surface area contributed by atoms with Gasteiger partial charge in [0.2, 0.25) is 0 Å². The Morgan fingerprint density at radius 2 is 2.00 bits per heavy atom. The van der Waals surface area contributed by atoms with Gasteiger partial charge in [0.1, 0.15) is 0 Å². The molecule has 96 valence electrons. The van der Waals surface area contributed by atoms with Crippen molar-refractivity contribution in [3.05, 3.63) is 51.7 Å².